The van der Waals surface area contributed by atoms with Crippen molar-refractivity contribution < 1.29 is 13.3 Å². The van der Waals surface area contributed by atoms with E-state index < -0.39 is 14.8 Å². The van der Waals surface area contributed by atoms with Crippen molar-refractivity contribution in [3.8, 4) is 0 Å². The molecule has 0 atom stereocenters. The standard InChI is InChI=1S/C9H12ClN3O4S/c1-18(16,17)4-2-3-11-9-8(13(14)15)5-7(10)6-12-9/h5-6H,2-4H2,1H3,(H,11,12). The molecule has 0 aliphatic heterocycles. The molecule has 0 spiro atoms. The summed E-state index contributed by atoms with van der Waals surface area (Å²) >= 11 is 5.61. The second-order valence-corrected chi connectivity index (χ2v) is 6.38. The number of halogens is 1. The Morgan fingerprint density at radius 3 is 2.78 bits per heavy atom. The van der Waals surface area contributed by atoms with E-state index in [4.69, 9.17) is 11.6 Å². The van der Waals surface area contributed by atoms with E-state index in [0.29, 0.717) is 6.42 Å². The summed E-state index contributed by atoms with van der Waals surface area (Å²) in [5.74, 6) is 0.0967. The first-order valence-electron chi connectivity index (χ1n) is 5.01. The fourth-order valence-electron chi connectivity index (χ4n) is 1.25. The van der Waals surface area contributed by atoms with Gasteiger partial charge >= 0.3 is 5.69 Å². The largest absolute Gasteiger partial charge is 0.364 e. The summed E-state index contributed by atoms with van der Waals surface area (Å²) in [7, 11) is -3.03. The SMILES string of the molecule is CS(=O)(=O)CCCNc1ncc(Cl)cc1[N+](=O)[O-]. The second-order valence-electron chi connectivity index (χ2n) is 3.69. The number of nitro groups is 1. The molecule has 0 bridgehead atoms. The van der Waals surface area contributed by atoms with Gasteiger partial charge in [0.2, 0.25) is 5.82 Å². The Labute approximate surface area is 109 Å². The van der Waals surface area contributed by atoms with Crippen molar-refractivity contribution in [1.29, 1.82) is 0 Å². The number of hydrogen-bond donors (Lipinski definition) is 1. The van der Waals surface area contributed by atoms with Gasteiger partial charge in [-0.15, -0.1) is 0 Å². The number of aromatic nitrogens is 1. The summed E-state index contributed by atoms with van der Waals surface area (Å²) in [6.45, 7) is 0.280. The van der Waals surface area contributed by atoms with Crippen molar-refractivity contribution in [2.75, 3.05) is 23.9 Å². The van der Waals surface area contributed by atoms with Crippen LogP contribution in [0.3, 0.4) is 0 Å². The number of hydrogen-bond acceptors (Lipinski definition) is 6. The van der Waals surface area contributed by atoms with Crippen molar-refractivity contribution in [3.63, 3.8) is 0 Å². The highest BCUT2D eigenvalue weighted by molar-refractivity contribution is 7.90. The molecule has 18 heavy (non-hydrogen) atoms. The number of pyridine rings is 1. The Morgan fingerprint density at radius 1 is 1.56 bits per heavy atom. The van der Waals surface area contributed by atoms with Crippen LogP contribution in [0.15, 0.2) is 12.3 Å². The highest BCUT2D eigenvalue weighted by Gasteiger charge is 2.15. The summed E-state index contributed by atoms with van der Waals surface area (Å²) in [6.07, 6.45) is 2.77. The van der Waals surface area contributed by atoms with Crippen LogP contribution >= 0.6 is 11.6 Å². The maximum atomic E-state index is 10.9. The molecule has 100 valence electrons. The summed E-state index contributed by atoms with van der Waals surface area (Å²) < 4.78 is 21.8. The van der Waals surface area contributed by atoms with Gasteiger partial charge in [-0.05, 0) is 6.42 Å². The van der Waals surface area contributed by atoms with E-state index in [1.807, 2.05) is 0 Å². The number of nitrogens with zero attached hydrogens (tertiary/aromatic N) is 2. The van der Waals surface area contributed by atoms with Crippen LogP contribution in [-0.4, -0.2) is 36.9 Å². The first-order chi connectivity index (χ1) is 8.29. The quantitative estimate of drug-likeness (QED) is 0.484. The Morgan fingerprint density at radius 2 is 2.22 bits per heavy atom. The van der Waals surface area contributed by atoms with Crippen LogP contribution in [0.25, 0.3) is 0 Å². The average molecular weight is 294 g/mol. The molecule has 7 nitrogen and oxygen atoms in total. The zero-order chi connectivity index (χ0) is 13.8. The molecule has 0 saturated carbocycles. The van der Waals surface area contributed by atoms with Gasteiger partial charge in [-0.2, -0.15) is 0 Å². The Hall–Kier alpha value is -1.41. The van der Waals surface area contributed by atoms with Crippen LogP contribution < -0.4 is 5.32 Å². The van der Waals surface area contributed by atoms with Gasteiger partial charge in [-0.3, -0.25) is 10.1 Å². The van der Waals surface area contributed by atoms with E-state index in [-0.39, 0.29) is 28.8 Å². The van der Waals surface area contributed by atoms with Crippen LogP contribution in [0, 0.1) is 10.1 Å². The van der Waals surface area contributed by atoms with Crippen LogP contribution in [-0.2, 0) is 9.84 Å². The average Bonchev–Trinajstić information content (AvgIpc) is 2.24. The summed E-state index contributed by atoms with van der Waals surface area (Å²) in [5, 5.41) is 13.6. The fourth-order valence-corrected chi connectivity index (χ4v) is 2.07. The van der Waals surface area contributed by atoms with Crippen LogP contribution in [0.2, 0.25) is 5.02 Å². The van der Waals surface area contributed by atoms with E-state index in [9.17, 15) is 18.5 Å². The van der Waals surface area contributed by atoms with Crippen molar-refractivity contribution in [1.82, 2.24) is 4.98 Å². The van der Waals surface area contributed by atoms with E-state index in [1.54, 1.807) is 0 Å². The lowest BCUT2D eigenvalue weighted by molar-refractivity contribution is -0.384. The van der Waals surface area contributed by atoms with Gasteiger partial charge in [0.25, 0.3) is 0 Å². The van der Waals surface area contributed by atoms with Crippen LogP contribution in [0.1, 0.15) is 6.42 Å². The van der Waals surface area contributed by atoms with Gasteiger partial charge in [-0.1, -0.05) is 11.6 Å². The third kappa shape index (κ3) is 4.84. The molecule has 0 unspecified atom stereocenters. The van der Waals surface area contributed by atoms with Crippen molar-refractivity contribution >= 4 is 32.9 Å². The van der Waals surface area contributed by atoms with E-state index in [0.717, 1.165) is 6.26 Å². The molecule has 1 N–H and O–H groups in total. The summed E-state index contributed by atoms with van der Waals surface area (Å²) in [5.41, 5.74) is -0.234. The van der Waals surface area contributed by atoms with Gasteiger partial charge in [0.1, 0.15) is 9.84 Å². The molecule has 1 aromatic rings. The second kappa shape index (κ2) is 5.96. The van der Waals surface area contributed by atoms with E-state index >= 15 is 0 Å². The Bertz CT molecular complexity index is 547. The normalized spacial score (nSPS) is 11.2. The third-order valence-electron chi connectivity index (χ3n) is 2.02. The van der Waals surface area contributed by atoms with Gasteiger partial charge < -0.3 is 5.32 Å². The van der Waals surface area contributed by atoms with Crippen molar-refractivity contribution in [2.45, 2.75) is 6.42 Å². The van der Waals surface area contributed by atoms with E-state index in [2.05, 4.69) is 10.3 Å². The predicted octanol–water partition coefficient (Wildman–Crippen LogP) is 1.49. The zero-order valence-electron chi connectivity index (χ0n) is 9.59. The molecule has 0 amide bonds. The predicted molar refractivity (Wildman–Crippen MR) is 68.7 cm³/mol. The maximum absolute atomic E-state index is 10.9. The van der Waals surface area contributed by atoms with Crippen molar-refractivity contribution in [2.24, 2.45) is 0 Å². The number of nitrogens with one attached hydrogen (secondary N) is 1. The smallest absolute Gasteiger partial charge is 0.312 e. The topological polar surface area (TPSA) is 102 Å². The number of anilines is 1. The minimum absolute atomic E-state index is 0.0153. The first-order valence-corrected chi connectivity index (χ1v) is 7.45. The third-order valence-corrected chi connectivity index (χ3v) is 3.25. The number of rotatable bonds is 6. The maximum Gasteiger partial charge on any atom is 0.312 e. The van der Waals surface area contributed by atoms with Gasteiger partial charge in [-0.25, -0.2) is 13.4 Å². The molecule has 0 aliphatic rings. The van der Waals surface area contributed by atoms with Crippen molar-refractivity contribution in [3.05, 3.63) is 27.4 Å². The molecule has 1 aromatic heterocycles. The lowest BCUT2D eigenvalue weighted by atomic mass is 10.4. The van der Waals surface area contributed by atoms with E-state index in [1.165, 1.54) is 12.3 Å². The van der Waals surface area contributed by atoms with Gasteiger partial charge in [0.15, 0.2) is 0 Å². The molecule has 1 heterocycles. The molecular weight excluding hydrogens is 282 g/mol. The summed E-state index contributed by atoms with van der Waals surface area (Å²) in [6, 6.07) is 1.19. The highest BCUT2D eigenvalue weighted by Crippen LogP contribution is 2.24. The van der Waals surface area contributed by atoms with Gasteiger partial charge in [0.05, 0.1) is 15.7 Å². The van der Waals surface area contributed by atoms with Crippen LogP contribution in [0.5, 0.6) is 0 Å². The Balaban J connectivity index is 2.65. The van der Waals surface area contributed by atoms with Gasteiger partial charge in [0, 0.05) is 25.1 Å². The van der Waals surface area contributed by atoms with Crippen LogP contribution in [0.4, 0.5) is 11.5 Å². The highest BCUT2D eigenvalue weighted by atomic mass is 35.5. The first kappa shape index (κ1) is 14.7. The lowest BCUT2D eigenvalue weighted by Crippen LogP contribution is -2.11. The molecular formula is C9H12ClN3O4S. The molecule has 0 saturated heterocycles. The Kier molecular flexibility index (Phi) is 4.85. The molecule has 0 aliphatic carbocycles. The fraction of sp³-hybridized carbons (Fsp3) is 0.444. The minimum Gasteiger partial charge on any atom is -0.364 e. The zero-order valence-corrected chi connectivity index (χ0v) is 11.2. The molecule has 1 rings (SSSR count). The summed E-state index contributed by atoms with van der Waals surface area (Å²) in [4.78, 5) is 13.9. The monoisotopic (exact) mass is 293 g/mol. The molecule has 0 radical (unpaired) electrons. The molecule has 0 aromatic carbocycles. The molecule has 0 fully saturated rings. The molecule has 9 heteroatoms. The minimum atomic E-state index is -3.03. The lowest BCUT2D eigenvalue weighted by Gasteiger charge is -2.05. The number of sulfone groups is 1.